The summed E-state index contributed by atoms with van der Waals surface area (Å²) < 4.78 is 50.4. The molecule has 0 amide bonds. The van der Waals surface area contributed by atoms with Crippen molar-refractivity contribution in [2.45, 2.75) is 50.1 Å². The van der Waals surface area contributed by atoms with Crippen molar-refractivity contribution in [2.24, 2.45) is 17.0 Å². The normalized spacial score (nSPS) is 21.2. The van der Waals surface area contributed by atoms with Gasteiger partial charge in [-0.2, -0.15) is 13.2 Å². The molecular weight excluding hydrogens is 467 g/mol. The zero-order chi connectivity index (χ0) is 23.7. The van der Waals surface area contributed by atoms with E-state index in [2.05, 4.69) is 5.16 Å². The van der Waals surface area contributed by atoms with E-state index in [9.17, 15) is 27.3 Å². The second-order valence-corrected chi connectivity index (χ2v) is 9.31. The lowest BCUT2D eigenvalue weighted by Crippen LogP contribution is -2.39. The van der Waals surface area contributed by atoms with Gasteiger partial charge in [-0.15, -0.1) is 0 Å². The molecule has 1 unspecified atom stereocenters. The fourth-order valence-electron chi connectivity index (χ4n) is 3.52. The van der Waals surface area contributed by atoms with Crippen LogP contribution in [0.1, 0.15) is 44.6 Å². The van der Waals surface area contributed by atoms with Crippen molar-refractivity contribution in [3.63, 3.8) is 0 Å². The van der Waals surface area contributed by atoms with Crippen LogP contribution in [0.3, 0.4) is 0 Å². The number of Topliss-reactive ketones (excluding diaryl/α,β-unsaturated/α-hetero) is 2. The maximum absolute atomic E-state index is 12.7. The van der Waals surface area contributed by atoms with E-state index in [0.29, 0.717) is 25.0 Å². The Kier molecular flexibility index (Phi) is 10.2. The van der Waals surface area contributed by atoms with E-state index in [1.165, 1.54) is 23.7 Å². The monoisotopic (exact) mass is 491 g/mol. The standard InChI is InChI=1S/C22H25ClF3NO4S/c1-2-4-18(27-31-11-3-10-23)21-19(28)13-15(14-20(21)29)9-12-32(30)17-7-5-16(6-8-17)22(24,25)26/h3,5-8,10,15,21H,2,4,9,11-14H2,1H3/t15-,21-,32?. The third-order valence-electron chi connectivity index (χ3n) is 5.06. The molecule has 0 N–H and O–H groups in total. The van der Waals surface area contributed by atoms with Crippen molar-refractivity contribution >= 4 is 40.1 Å². The first-order valence-corrected chi connectivity index (χ1v) is 12.0. The number of nitrogens with zero attached hydrogens (tertiary/aromatic N) is 1. The Morgan fingerprint density at radius 2 is 1.88 bits per heavy atom. The lowest BCUT2D eigenvalue weighted by Gasteiger charge is -2.27. The Morgan fingerprint density at radius 3 is 2.41 bits per heavy atom. The van der Waals surface area contributed by atoms with Crippen LogP contribution in [0.4, 0.5) is 13.2 Å². The molecule has 1 aromatic rings. The predicted molar refractivity (Wildman–Crippen MR) is 117 cm³/mol. The summed E-state index contributed by atoms with van der Waals surface area (Å²) >= 11 is 3.90. The van der Waals surface area contributed by atoms with Gasteiger partial charge in [0.15, 0.2) is 4.90 Å². The van der Waals surface area contributed by atoms with Gasteiger partial charge in [0.05, 0.1) is 11.3 Å². The Bertz CT molecular complexity index is 825. The van der Waals surface area contributed by atoms with Gasteiger partial charge in [0.25, 0.3) is 0 Å². The van der Waals surface area contributed by atoms with Crippen LogP contribution in [0.5, 0.6) is 0 Å². The van der Waals surface area contributed by atoms with Crippen LogP contribution in [0.25, 0.3) is 0 Å². The highest BCUT2D eigenvalue weighted by Gasteiger charge is 2.39. The van der Waals surface area contributed by atoms with Crippen LogP contribution in [-0.2, 0) is 31.8 Å². The molecule has 176 valence electrons. The molecule has 32 heavy (non-hydrogen) atoms. The average Bonchev–Trinajstić information content (AvgIpc) is 2.74. The highest BCUT2D eigenvalue weighted by atomic mass is 35.5. The molecule has 0 aliphatic heterocycles. The fourth-order valence-corrected chi connectivity index (χ4v) is 4.81. The van der Waals surface area contributed by atoms with Crippen LogP contribution in [0.15, 0.2) is 45.9 Å². The second kappa shape index (κ2) is 12.4. The summed E-state index contributed by atoms with van der Waals surface area (Å²) in [6.45, 7) is 2.04. The quantitative estimate of drug-likeness (QED) is 0.146. The van der Waals surface area contributed by atoms with Crippen LogP contribution in [0.2, 0.25) is 0 Å². The summed E-state index contributed by atoms with van der Waals surface area (Å²) in [7, 11) is 0. The van der Waals surface area contributed by atoms with Crippen LogP contribution >= 0.6 is 11.6 Å². The molecule has 1 saturated carbocycles. The highest BCUT2D eigenvalue weighted by molar-refractivity contribution is 7.91. The first-order valence-electron chi connectivity index (χ1n) is 10.2. The van der Waals surface area contributed by atoms with Gasteiger partial charge >= 0.3 is 6.18 Å². The van der Waals surface area contributed by atoms with Crippen molar-refractivity contribution < 1.29 is 32.2 Å². The van der Waals surface area contributed by atoms with Gasteiger partial charge in [-0.1, -0.05) is 30.1 Å². The van der Waals surface area contributed by atoms with Crippen molar-refractivity contribution in [1.82, 2.24) is 0 Å². The van der Waals surface area contributed by atoms with Gasteiger partial charge in [-0.05, 0) is 60.3 Å². The lowest BCUT2D eigenvalue weighted by atomic mass is 9.76. The second-order valence-electron chi connectivity index (χ2n) is 7.49. The van der Waals surface area contributed by atoms with Crippen molar-refractivity contribution in [3.05, 3.63) is 41.4 Å². The van der Waals surface area contributed by atoms with Crippen LogP contribution < -0.4 is 0 Å². The van der Waals surface area contributed by atoms with Crippen molar-refractivity contribution in [1.29, 1.82) is 0 Å². The molecule has 0 heterocycles. The molecule has 2 rings (SSSR count). The minimum absolute atomic E-state index is 0.129. The lowest BCUT2D eigenvalue weighted by molar-refractivity contribution is -0.138. The van der Waals surface area contributed by atoms with Crippen molar-refractivity contribution in [2.75, 3.05) is 12.4 Å². The molecule has 0 saturated heterocycles. The van der Waals surface area contributed by atoms with Gasteiger partial charge in [-0.25, -0.2) is 0 Å². The number of carbonyl (C=O) groups is 2. The van der Waals surface area contributed by atoms with E-state index in [4.69, 9.17) is 16.4 Å². The molecule has 0 aromatic heterocycles. The van der Waals surface area contributed by atoms with Gasteiger partial charge in [-0.3, -0.25) is 9.59 Å². The molecule has 5 nitrogen and oxygen atoms in total. The molecule has 1 fully saturated rings. The molecule has 1 atom stereocenters. The van der Waals surface area contributed by atoms with Gasteiger partial charge < -0.3 is 9.39 Å². The fraction of sp³-hybridized carbons (Fsp3) is 0.500. The number of rotatable bonds is 10. The minimum Gasteiger partial charge on any atom is -0.611 e. The number of halogens is 4. The van der Waals surface area contributed by atoms with Gasteiger partial charge in [0.2, 0.25) is 0 Å². The number of benzene rings is 1. The SMILES string of the molecule is CCCC(=NOCC=CCl)[C@H]1C(=O)C[C@H](CC[S+]([O-])c2ccc(C(F)(F)F)cc2)CC1=O. The van der Waals surface area contributed by atoms with E-state index >= 15 is 0 Å². The molecule has 1 aliphatic rings. The summed E-state index contributed by atoms with van der Waals surface area (Å²) in [5.74, 6) is -1.50. The maximum Gasteiger partial charge on any atom is 0.416 e. The number of alkyl halides is 3. The molecule has 0 spiro atoms. The average molecular weight is 492 g/mol. The number of ketones is 2. The maximum atomic E-state index is 12.7. The number of oxime groups is 1. The van der Waals surface area contributed by atoms with E-state index in [-0.39, 0.29) is 47.6 Å². The molecule has 0 radical (unpaired) electrons. The number of carbonyl (C=O) groups excluding carboxylic acids is 2. The van der Waals surface area contributed by atoms with E-state index in [1.807, 2.05) is 6.92 Å². The summed E-state index contributed by atoms with van der Waals surface area (Å²) in [6, 6.07) is 4.17. The van der Waals surface area contributed by atoms with Gasteiger partial charge in [0.1, 0.15) is 29.8 Å². The third-order valence-corrected chi connectivity index (χ3v) is 6.64. The minimum atomic E-state index is -4.45. The molecule has 0 bridgehead atoms. The van der Waals surface area contributed by atoms with Crippen LogP contribution in [0, 0.1) is 11.8 Å². The smallest absolute Gasteiger partial charge is 0.416 e. The number of hydrogen-bond acceptors (Lipinski definition) is 5. The van der Waals surface area contributed by atoms with E-state index in [1.54, 1.807) is 0 Å². The topological polar surface area (TPSA) is 78.8 Å². The molecule has 1 aromatic carbocycles. The Hall–Kier alpha value is -1.84. The van der Waals surface area contributed by atoms with E-state index in [0.717, 1.165) is 12.1 Å². The summed E-state index contributed by atoms with van der Waals surface area (Å²) in [4.78, 5) is 30.8. The zero-order valence-electron chi connectivity index (χ0n) is 17.6. The molecule has 1 aliphatic carbocycles. The number of hydrogen-bond donors (Lipinski definition) is 0. The van der Waals surface area contributed by atoms with Crippen LogP contribution in [-0.4, -0.2) is 34.2 Å². The first-order chi connectivity index (χ1) is 15.2. The third kappa shape index (κ3) is 7.64. The largest absolute Gasteiger partial charge is 0.611 e. The Morgan fingerprint density at radius 1 is 1.25 bits per heavy atom. The predicted octanol–water partition coefficient (Wildman–Crippen LogP) is 5.29. The van der Waals surface area contributed by atoms with Crippen molar-refractivity contribution in [3.8, 4) is 0 Å². The summed E-state index contributed by atoms with van der Waals surface area (Å²) in [5, 5.41) is 3.98. The first kappa shape index (κ1) is 26.4. The Labute approximate surface area is 193 Å². The highest BCUT2D eigenvalue weighted by Crippen LogP contribution is 2.31. The zero-order valence-corrected chi connectivity index (χ0v) is 19.1. The molecule has 10 heteroatoms. The van der Waals surface area contributed by atoms with E-state index < -0.39 is 28.8 Å². The Balaban J connectivity index is 1.95. The summed E-state index contributed by atoms with van der Waals surface area (Å²) in [5.41, 5.74) is 0.878. The van der Waals surface area contributed by atoms with Gasteiger partial charge in [0, 0.05) is 18.4 Å². The molecular formula is C22H25ClF3NO4S. The summed E-state index contributed by atoms with van der Waals surface area (Å²) in [6.07, 6.45) is -1.10.